The van der Waals surface area contributed by atoms with Gasteiger partial charge in [-0.1, -0.05) is 29.8 Å². The number of ether oxygens (including phenoxy) is 1. The molecule has 0 aliphatic heterocycles. The van der Waals surface area contributed by atoms with Crippen LogP contribution < -0.4 is 10.1 Å². The number of aromatic nitrogens is 1. The summed E-state index contributed by atoms with van der Waals surface area (Å²) in [5.74, 6) is 0.643. The van der Waals surface area contributed by atoms with Gasteiger partial charge in [0, 0.05) is 16.5 Å². The molecule has 0 aliphatic carbocycles. The predicted molar refractivity (Wildman–Crippen MR) is 106 cm³/mol. The minimum absolute atomic E-state index is 0.113. The first-order chi connectivity index (χ1) is 12.5. The van der Waals surface area contributed by atoms with Crippen molar-refractivity contribution in [2.45, 2.75) is 33.4 Å². The molecule has 134 valence electrons. The van der Waals surface area contributed by atoms with E-state index in [2.05, 4.69) is 41.5 Å². The molecular weight excluding hydrogens is 344 g/mol. The van der Waals surface area contributed by atoms with Crippen LogP contribution in [0.5, 0.6) is 5.75 Å². The Morgan fingerprint density at radius 1 is 1.12 bits per heavy atom. The number of aryl methyl sites for hydroxylation is 1. The van der Waals surface area contributed by atoms with Gasteiger partial charge >= 0.3 is 0 Å². The average Bonchev–Trinajstić information content (AvgIpc) is 3.09. The van der Waals surface area contributed by atoms with Crippen molar-refractivity contribution in [1.82, 2.24) is 10.3 Å². The number of hydrogen-bond acceptors (Lipinski definition) is 4. The molecule has 2 aromatic carbocycles. The minimum Gasteiger partial charge on any atom is -0.491 e. The molecule has 3 rings (SSSR count). The van der Waals surface area contributed by atoms with Crippen LogP contribution >= 0.6 is 11.3 Å². The van der Waals surface area contributed by atoms with Crippen LogP contribution in [0.2, 0.25) is 0 Å². The predicted octanol–water partition coefficient (Wildman–Crippen LogP) is 4.84. The van der Waals surface area contributed by atoms with Crippen molar-refractivity contribution >= 4 is 17.2 Å². The maximum Gasteiger partial charge on any atom is 0.251 e. The third kappa shape index (κ3) is 4.70. The molecule has 3 aromatic rings. The lowest BCUT2D eigenvalue weighted by Crippen LogP contribution is -2.22. The molecule has 4 nitrogen and oxygen atoms in total. The first-order valence-electron chi connectivity index (χ1n) is 8.57. The van der Waals surface area contributed by atoms with Gasteiger partial charge in [-0.3, -0.25) is 4.79 Å². The highest BCUT2D eigenvalue weighted by Crippen LogP contribution is 2.24. The lowest BCUT2D eigenvalue weighted by atomic mass is 10.2. The summed E-state index contributed by atoms with van der Waals surface area (Å²) in [5, 5.41) is 5.86. The first-order valence-corrected chi connectivity index (χ1v) is 9.45. The number of rotatable bonds is 6. The van der Waals surface area contributed by atoms with Crippen LogP contribution in [0.15, 0.2) is 53.9 Å². The van der Waals surface area contributed by atoms with E-state index in [-0.39, 0.29) is 12.0 Å². The van der Waals surface area contributed by atoms with Gasteiger partial charge in [-0.05, 0) is 45.0 Å². The van der Waals surface area contributed by atoms with Gasteiger partial charge in [-0.2, -0.15) is 0 Å². The highest BCUT2D eigenvalue weighted by Gasteiger charge is 2.09. The molecule has 1 heterocycles. The van der Waals surface area contributed by atoms with E-state index in [9.17, 15) is 4.79 Å². The number of hydrogen-bond donors (Lipinski definition) is 1. The molecule has 0 radical (unpaired) electrons. The minimum atomic E-state index is -0.119. The summed E-state index contributed by atoms with van der Waals surface area (Å²) in [5.41, 5.74) is 3.79. The van der Waals surface area contributed by atoms with Gasteiger partial charge in [0.2, 0.25) is 0 Å². The Balaban J connectivity index is 1.58. The van der Waals surface area contributed by atoms with E-state index in [0.717, 1.165) is 22.0 Å². The second-order valence-electron chi connectivity index (χ2n) is 6.38. The molecule has 0 fully saturated rings. The van der Waals surface area contributed by atoms with Crippen molar-refractivity contribution in [2.75, 3.05) is 0 Å². The SMILES string of the molecule is Cc1ccc(-c2nc(CNC(=O)c3ccc(OC(C)C)cc3)cs2)cc1. The van der Waals surface area contributed by atoms with Crippen LogP contribution in [0, 0.1) is 6.92 Å². The normalized spacial score (nSPS) is 10.8. The third-order valence-electron chi connectivity index (χ3n) is 3.77. The van der Waals surface area contributed by atoms with E-state index in [0.29, 0.717) is 12.1 Å². The summed E-state index contributed by atoms with van der Waals surface area (Å²) < 4.78 is 5.59. The fraction of sp³-hybridized carbons (Fsp3) is 0.238. The van der Waals surface area contributed by atoms with Crippen LogP contribution in [-0.2, 0) is 6.54 Å². The largest absolute Gasteiger partial charge is 0.491 e. The molecule has 5 heteroatoms. The monoisotopic (exact) mass is 366 g/mol. The summed E-state index contributed by atoms with van der Waals surface area (Å²) in [6.45, 7) is 6.41. The third-order valence-corrected chi connectivity index (χ3v) is 4.71. The van der Waals surface area contributed by atoms with Gasteiger partial charge in [-0.15, -0.1) is 11.3 Å². The van der Waals surface area contributed by atoms with Gasteiger partial charge in [0.1, 0.15) is 10.8 Å². The Morgan fingerprint density at radius 3 is 2.46 bits per heavy atom. The van der Waals surface area contributed by atoms with Gasteiger partial charge in [0.05, 0.1) is 18.3 Å². The Kier molecular flexibility index (Phi) is 5.68. The van der Waals surface area contributed by atoms with Gasteiger partial charge < -0.3 is 10.1 Å². The molecule has 1 amide bonds. The summed E-state index contributed by atoms with van der Waals surface area (Å²) in [4.78, 5) is 16.9. The highest BCUT2D eigenvalue weighted by atomic mass is 32.1. The second kappa shape index (κ2) is 8.15. The lowest BCUT2D eigenvalue weighted by Gasteiger charge is -2.10. The fourth-order valence-corrected chi connectivity index (χ4v) is 3.27. The van der Waals surface area contributed by atoms with Gasteiger partial charge in [0.15, 0.2) is 0 Å². The summed E-state index contributed by atoms with van der Waals surface area (Å²) in [6, 6.07) is 15.4. The number of carbonyl (C=O) groups is 1. The number of benzene rings is 2. The lowest BCUT2D eigenvalue weighted by molar-refractivity contribution is 0.0950. The summed E-state index contributed by atoms with van der Waals surface area (Å²) in [6.07, 6.45) is 0.113. The number of carbonyl (C=O) groups excluding carboxylic acids is 1. The molecule has 0 aliphatic rings. The van der Waals surface area contributed by atoms with Crippen molar-refractivity contribution in [3.63, 3.8) is 0 Å². The zero-order valence-electron chi connectivity index (χ0n) is 15.2. The number of nitrogens with zero attached hydrogens (tertiary/aromatic N) is 1. The number of amides is 1. The highest BCUT2D eigenvalue weighted by molar-refractivity contribution is 7.13. The summed E-state index contributed by atoms with van der Waals surface area (Å²) >= 11 is 1.58. The van der Waals surface area contributed by atoms with Crippen LogP contribution in [0.1, 0.15) is 35.5 Å². The molecule has 0 saturated heterocycles. The summed E-state index contributed by atoms with van der Waals surface area (Å²) in [7, 11) is 0. The van der Waals surface area contributed by atoms with Crippen LogP contribution in [0.4, 0.5) is 0 Å². The van der Waals surface area contributed by atoms with E-state index in [1.54, 1.807) is 23.5 Å². The maximum atomic E-state index is 12.3. The molecule has 26 heavy (non-hydrogen) atoms. The van der Waals surface area contributed by atoms with E-state index in [1.165, 1.54) is 5.56 Å². The van der Waals surface area contributed by atoms with E-state index >= 15 is 0 Å². The molecule has 0 atom stereocenters. The second-order valence-corrected chi connectivity index (χ2v) is 7.24. The van der Waals surface area contributed by atoms with Crippen molar-refractivity contribution in [1.29, 1.82) is 0 Å². The quantitative estimate of drug-likeness (QED) is 0.679. The average molecular weight is 366 g/mol. The molecule has 0 saturated carbocycles. The van der Waals surface area contributed by atoms with E-state index < -0.39 is 0 Å². The topological polar surface area (TPSA) is 51.2 Å². The Morgan fingerprint density at radius 2 is 1.81 bits per heavy atom. The first kappa shape index (κ1) is 18.1. The van der Waals surface area contributed by atoms with Crippen LogP contribution in [-0.4, -0.2) is 17.0 Å². The van der Waals surface area contributed by atoms with Crippen molar-refractivity contribution in [3.8, 4) is 16.3 Å². The molecule has 0 unspecified atom stereocenters. The fourth-order valence-electron chi connectivity index (χ4n) is 2.45. The zero-order chi connectivity index (χ0) is 18.5. The zero-order valence-corrected chi connectivity index (χ0v) is 16.0. The Labute approximate surface area is 157 Å². The van der Waals surface area contributed by atoms with E-state index in [1.807, 2.05) is 31.4 Å². The van der Waals surface area contributed by atoms with Crippen molar-refractivity contribution in [2.24, 2.45) is 0 Å². The molecule has 0 spiro atoms. The van der Waals surface area contributed by atoms with Crippen LogP contribution in [0.3, 0.4) is 0 Å². The van der Waals surface area contributed by atoms with Gasteiger partial charge in [0.25, 0.3) is 5.91 Å². The number of thiazole rings is 1. The van der Waals surface area contributed by atoms with Gasteiger partial charge in [-0.25, -0.2) is 4.98 Å². The molecule has 1 N–H and O–H groups in total. The number of nitrogens with one attached hydrogen (secondary N) is 1. The van der Waals surface area contributed by atoms with E-state index in [4.69, 9.17) is 4.74 Å². The Hall–Kier alpha value is -2.66. The van der Waals surface area contributed by atoms with Crippen molar-refractivity contribution in [3.05, 3.63) is 70.7 Å². The smallest absolute Gasteiger partial charge is 0.251 e. The molecule has 1 aromatic heterocycles. The van der Waals surface area contributed by atoms with Crippen molar-refractivity contribution < 1.29 is 9.53 Å². The molecule has 0 bridgehead atoms. The standard InChI is InChI=1S/C21H22N2O2S/c1-14(2)25-19-10-8-16(9-11-19)20(24)22-12-18-13-26-21(23-18)17-6-4-15(3)5-7-17/h4-11,13-14H,12H2,1-3H3,(H,22,24). The Bertz CT molecular complexity index is 868. The maximum absolute atomic E-state index is 12.3. The van der Waals surface area contributed by atoms with Crippen LogP contribution in [0.25, 0.3) is 10.6 Å². The molecular formula is C21H22N2O2S.